The Labute approximate surface area is 174 Å². The van der Waals surface area contributed by atoms with Gasteiger partial charge in [-0.25, -0.2) is 0 Å². The summed E-state index contributed by atoms with van der Waals surface area (Å²) in [6, 6.07) is 5.47. The number of benzene rings is 1. The van der Waals surface area contributed by atoms with Crippen molar-refractivity contribution in [2.75, 3.05) is 37.4 Å². The number of amides is 1. The fourth-order valence-electron chi connectivity index (χ4n) is 2.81. The van der Waals surface area contributed by atoms with E-state index in [1.165, 1.54) is 11.8 Å². The molecule has 7 nitrogen and oxygen atoms in total. The maximum Gasteiger partial charge on any atom is 0.234 e. The van der Waals surface area contributed by atoms with Crippen molar-refractivity contribution in [2.45, 2.75) is 25.2 Å². The van der Waals surface area contributed by atoms with Gasteiger partial charge in [-0.2, -0.15) is 0 Å². The SMILES string of the molecule is C=CCn1c(CN2CCOCC2)nnc1SCC(=O)Nc1ccc(C)c(Cl)c1. The molecule has 0 saturated carbocycles. The lowest BCUT2D eigenvalue weighted by Crippen LogP contribution is -2.36. The molecular weight excluding hydrogens is 398 g/mol. The van der Waals surface area contributed by atoms with Crippen LogP contribution in [0.2, 0.25) is 5.02 Å². The van der Waals surface area contributed by atoms with Gasteiger partial charge in [0, 0.05) is 30.3 Å². The number of morpholine rings is 1. The normalized spacial score (nSPS) is 14.8. The molecule has 150 valence electrons. The van der Waals surface area contributed by atoms with Crippen molar-refractivity contribution in [2.24, 2.45) is 0 Å². The lowest BCUT2D eigenvalue weighted by atomic mass is 10.2. The Kier molecular flexibility index (Phi) is 7.50. The molecule has 1 amide bonds. The Hall–Kier alpha value is -1.87. The molecule has 1 N–H and O–H groups in total. The van der Waals surface area contributed by atoms with Gasteiger partial charge in [0.05, 0.1) is 25.5 Å². The number of allylic oxidation sites excluding steroid dienone is 1. The minimum absolute atomic E-state index is 0.118. The molecule has 1 aromatic heterocycles. The van der Waals surface area contributed by atoms with Crippen LogP contribution in [-0.4, -0.2) is 57.6 Å². The van der Waals surface area contributed by atoms with Crippen molar-refractivity contribution in [3.8, 4) is 0 Å². The molecule has 2 heterocycles. The van der Waals surface area contributed by atoms with Crippen LogP contribution in [0.5, 0.6) is 0 Å². The summed E-state index contributed by atoms with van der Waals surface area (Å²) in [4.78, 5) is 14.6. The van der Waals surface area contributed by atoms with Gasteiger partial charge in [-0.15, -0.1) is 16.8 Å². The number of aromatic nitrogens is 3. The van der Waals surface area contributed by atoms with Crippen LogP contribution in [0.1, 0.15) is 11.4 Å². The first-order valence-corrected chi connectivity index (χ1v) is 10.4. The second-order valence-corrected chi connectivity index (χ2v) is 7.84. The first kappa shape index (κ1) is 20.9. The van der Waals surface area contributed by atoms with E-state index >= 15 is 0 Å². The Bertz CT molecular complexity index is 836. The molecule has 2 aromatic rings. The highest BCUT2D eigenvalue weighted by Gasteiger charge is 2.18. The molecule has 28 heavy (non-hydrogen) atoms. The number of carbonyl (C=O) groups excluding carboxylic acids is 1. The number of hydrogen-bond acceptors (Lipinski definition) is 6. The number of nitrogens with zero attached hydrogens (tertiary/aromatic N) is 4. The van der Waals surface area contributed by atoms with Gasteiger partial charge < -0.3 is 14.6 Å². The van der Waals surface area contributed by atoms with Gasteiger partial charge in [-0.3, -0.25) is 9.69 Å². The maximum atomic E-state index is 12.3. The monoisotopic (exact) mass is 421 g/mol. The Balaban J connectivity index is 1.60. The van der Waals surface area contributed by atoms with Crippen molar-refractivity contribution >= 4 is 35.0 Å². The zero-order valence-corrected chi connectivity index (χ0v) is 17.4. The summed E-state index contributed by atoms with van der Waals surface area (Å²) in [7, 11) is 0. The number of rotatable bonds is 8. The lowest BCUT2D eigenvalue weighted by molar-refractivity contribution is -0.113. The Morgan fingerprint density at radius 1 is 1.39 bits per heavy atom. The maximum absolute atomic E-state index is 12.3. The van der Waals surface area contributed by atoms with Crippen molar-refractivity contribution < 1.29 is 9.53 Å². The van der Waals surface area contributed by atoms with E-state index in [1.54, 1.807) is 6.07 Å². The van der Waals surface area contributed by atoms with Crippen molar-refractivity contribution in [1.29, 1.82) is 0 Å². The lowest BCUT2D eigenvalue weighted by Gasteiger charge is -2.26. The molecule has 3 rings (SSSR count). The zero-order chi connectivity index (χ0) is 19.9. The largest absolute Gasteiger partial charge is 0.379 e. The van der Waals surface area contributed by atoms with Crippen molar-refractivity contribution in [3.05, 3.63) is 47.3 Å². The molecule has 0 radical (unpaired) electrons. The summed E-state index contributed by atoms with van der Waals surface area (Å²) >= 11 is 7.47. The first-order chi connectivity index (χ1) is 13.6. The van der Waals surface area contributed by atoms with Gasteiger partial charge in [0.1, 0.15) is 5.82 Å². The average molecular weight is 422 g/mol. The van der Waals surface area contributed by atoms with Gasteiger partial charge in [0.2, 0.25) is 5.91 Å². The third kappa shape index (κ3) is 5.57. The number of hydrogen-bond donors (Lipinski definition) is 1. The van der Waals surface area contributed by atoms with Crippen LogP contribution in [0.3, 0.4) is 0 Å². The molecule has 0 atom stereocenters. The fraction of sp³-hybridized carbons (Fsp3) is 0.421. The molecule has 1 saturated heterocycles. The van der Waals surface area contributed by atoms with Gasteiger partial charge >= 0.3 is 0 Å². The summed E-state index contributed by atoms with van der Waals surface area (Å²) in [5.74, 6) is 0.987. The highest BCUT2D eigenvalue weighted by atomic mass is 35.5. The molecule has 1 fully saturated rings. The van der Waals surface area contributed by atoms with E-state index in [2.05, 4.69) is 27.0 Å². The number of thioether (sulfide) groups is 1. The van der Waals surface area contributed by atoms with Crippen LogP contribution in [0.25, 0.3) is 0 Å². The summed E-state index contributed by atoms with van der Waals surface area (Å²) < 4.78 is 7.39. The molecule has 0 aliphatic carbocycles. The molecule has 0 spiro atoms. The number of halogens is 1. The quantitative estimate of drug-likeness (QED) is 0.521. The van der Waals surface area contributed by atoms with E-state index in [0.717, 1.165) is 37.7 Å². The topological polar surface area (TPSA) is 72.3 Å². The molecule has 1 aliphatic rings. The predicted octanol–water partition coefficient (Wildman–Crippen LogP) is 2.99. The van der Waals surface area contributed by atoms with Gasteiger partial charge in [0.25, 0.3) is 0 Å². The Morgan fingerprint density at radius 2 is 2.18 bits per heavy atom. The van der Waals surface area contributed by atoms with Crippen LogP contribution < -0.4 is 5.32 Å². The first-order valence-electron chi connectivity index (χ1n) is 9.08. The van der Waals surface area contributed by atoms with Crippen molar-refractivity contribution in [1.82, 2.24) is 19.7 Å². The molecule has 0 unspecified atom stereocenters. The summed E-state index contributed by atoms with van der Waals surface area (Å²) in [5.41, 5.74) is 1.65. The minimum atomic E-state index is -0.118. The molecule has 9 heteroatoms. The van der Waals surface area contributed by atoms with Gasteiger partial charge in [-0.05, 0) is 24.6 Å². The number of nitrogens with one attached hydrogen (secondary N) is 1. The second kappa shape index (κ2) is 10.1. The van der Waals surface area contributed by atoms with E-state index in [1.807, 2.05) is 29.7 Å². The van der Waals surface area contributed by atoms with Crippen molar-refractivity contribution in [3.63, 3.8) is 0 Å². The van der Waals surface area contributed by atoms with Crippen LogP contribution >= 0.6 is 23.4 Å². The predicted molar refractivity (Wildman–Crippen MR) is 112 cm³/mol. The van der Waals surface area contributed by atoms with Crippen LogP contribution in [0.4, 0.5) is 5.69 Å². The third-order valence-corrected chi connectivity index (χ3v) is 5.74. The summed E-state index contributed by atoms with van der Waals surface area (Å²) in [6.07, 6.45) is 1.81. The number of ether oxygens (including phenoxy) is 1. The standard InChI is InChI=1S/C19H24ClN5O2S/c1-3-6-25-17(12-24-7-9-27-10-8-24)22-23-19(25)28-13-18(26)21-15-5-4-14(2)16(20)11-15/h3-5,11H,1,6-10,12-13H2,2H3,(H,21,26). The highest BCUT2D eigenvalue weighted by Crippen LogP contribution is 2.22. The van der Waals surface area contributed by atoms with Crippen LogP contribution in [0, 0.1) is 6.92 Å². The van der Waals surface area contributed by atoms with E-state index in [4.69, 9.17) is 16.3 Å². The number of anilines is 1. The fourth-order valence-corrected chi connectivity index (χ4v) is 3.76. The van der Waals surface area contributed by atoms with Crippen LogP contribution in [0.15, 0.2) is 36.0 Å². The van der Waals surface area contributed by atoms with E-state index in [-0.39, 0.29) is 11.7 Å². The Morgan fingerprint density at radius 3 is 2.89 bits per heavy atom. The third-order valence-electron chi connectivity index (χ3n) is 4.36. The van der Waals surface area contributed by atoms with E-state index in [0.29, 0.717) is 29.0 Å². The van der Waals surface area contributed by atoms with Crippen LogP contribution in [-0.2, 0) is 22.6 Å². The van der Waals surface area contributed by atoms with Gasteiger partial charge in [-0.1, -0.05) is 35.5 Å². The average Bonchev–Trinajstić information content (AvgIpc) is 3.06. The number of aryl methyl sites for hydroxylation is 1. The van der Waals surface area contributed by atoms with E-state index in [9.17, 15) is 4.79 Å². The number of carbonyl (C=O) groups is 1. The highest BCUT2D eigenvalue weighted by molar-refractivity contribution is 7.99. The molecule has 1 aromatic carbocycles. The van der Waals surface area contributed by atoms with Gasteiger partial charge in [0.15, 0.2) is 5.16 Å². The second-order valence-electron chi connectivity index (χ2n) is 6.49. The molecular formula is C19H24ClN5O2S. The molecule has 0 bridgehead atoms. The zero-order valence-electron chi connectivity index (χ0n) is 15.9. The minimum Gasteiger partial charge on any atom is -0.379 e. The summed E-state index contributed by atoms with van der Waals surface area (Å²) in [6.45, 7) is 10.3. The smallest absolute Gasteiger partial charge is 0.234 e. The molecule has 1 aliphatic heterocycles. The summed E-state index contributed by atoms with van der Waals surface area (Å²) in [5, 5.41) is 12.8. The van der Waals surface area contributed by atoms with E-state index < -0.39 is 0 Å².